The Kier molecular flexibility index (Phi) is 3.33. The van der Waals surface area contributed by atoms with Crippen molar-refractivity contribution in [3.05, 3.63) is 18.3 Å². The molecule has 1 aromatic rings. The van der Waals surface area contributed by atoms with Gasteiger partial charge in [0.05, 0.1) is 19.9 Å². The number of aromatic nitrogens is 1. The Balaban J connectivity index is 2.52. The van der Waals surface area contributed by atoms with Gasteiger partial charge in [-0.15, -0.1) is 0 Å². The van der Waals surface area contributed by atoms with Crippen molar-refractivity contribution < 1.29 is 9.47 Å². The molecule has 0 fully saturated rings. The maximum absolute atomic E-state index is 5.50. The molecule has 0 atom stereocenters. The molecule has 0 bridgehead atoms. The van der Waals surface area contributed by atoms with E-state index in [1.807, 2.05) is 12.1 Å². The highest BCUT2D eigenvalue weighted by atomic mass is 16.5. The van der Waals surface area contributed by atoms with Crippen molar-refractivity contribution in [2.75, 3.05) is 13.7 Å². The second-order valence-electron chi connectivity index (χ2n) is 4.39. The molecule has 0 spiro atoms. The zero-order valence-electron chi connectivity index (χ0n) is 9.20. The van der Waals surface area contributed by atoms with Crippen LogP contribution in [0.3, 0.4) is 0 Å². The van der Waals surface area contributed by atoms with Crippen LogP contribution in [0.5, 0.6) is 11.6 Å². The Morgan fingerprint density at radius 3 is 2.43 bits per heavy atom. The maximum Gasteiger partial charge on any atom is 0.213 e. The highest BCUT2D eigenvalue weighted by molar-refractivity contribution is 5.22. The van der Waals surface area contributed by atoms with Crippen molar-refractivity contribution in [2.45, 2.75) is 20.8 Å². The van der Waals surface area contributed by atoms with E-state index in [4.69, 9.17) is 9.47 Å². The number of hydrogen-bond donors (Lipinski definition) is 0. The molecule has 0 aliphatic rings. The van der Waals surface area contributed by atoms with E-state index in [-0.39, 0.29) is 5.41 Å². The normalized spacial score (nSPS) is 11.1. The Morgan fingerprint density at radius 2 is 2.00 bits per heavy atom. The van der Waals surface area contributed by atoms with Gasteiger partial charge in [-0.2, -0.15) is 0 Å². The Morgan fingerprint density at radius 1 is 1.29 bits per heavy atom. The Labute approximate surface area is 85.1 Å². The standard InChI is InChI=1S/C11H17NO2/c1-11(2,3)8-14-10-6-5-9(13-4)7-12-10/h5-7H,8H2,1-4H3. The fourth-order valence-corrected chi connectivity index (χ4v) is 0.863. The summed E-state index contributed by atoms with van der Waals surface area (Å²) in [5.41, 5.74) is 0.154. The summed E-state index contributed by atoms with van der Waals surface area (Å²) in [6, 6.07) is 3.65. The first kappa shape index (κ1) is 10.8. The minimum absolute atomic E-state index is 0.154. The zero-order valence-corrected chi connectivity index (χ0v) is 9.20. The smallest absolute Gasteiger partial charge is 0.213 e. The summed E-state index contributed by atoms with van der Waals surface area (Å²) in [7, 11) is 1.62. The summed E-state index contributed by atoms with van der Waals surface area (Å²) in [6.45, 7) is 7.02. The molecule has 0 aliphatic carbocycles. The van der Waals surface area contributed by atoms with Gasteiger partial charge in [0.25, 0.3) is 0 Å². The van der Waals surface area contributed by atoms with E-state index >= 15 is 0 Å². The molecule has 14 heavy (non-hydrogen) atoms. The van der Waals surface area contributed by atoms with Crippen LogP contribution in [-0.2, 0) is 0 Å². The number of ether oxygens (including phenoxy) is 2. The van der Waals surface area contributed by atoms with Crippen LogP contribution in [0.2, 0.25) is 0 Å². The Bertz CT molecular complexity index is 274. The van der Waals surface area contributed by atoms with E-state index in [1.54, 1.807) is 13.3 Å². The fraction of sp³-hybridized carbons (Fsp3) is 0.545. The van der Waals surface area contributed by atoms with Crippen molar-refractivity contribution >= 4 is 0 Å². The SMILES string of the molecule is COc1ccc(OCC(C)(C)C)nc1. The lowest BCUT2D eigenvalue weighted by molar-refractivity contribution is 0.191. The van der Waals surface area contributed by atoms with E-state index in [9.17, 15) is 0 Å². The van der Waals surface area contributed by atoms with Gasteiger partial charge in [0.15, 0.2) is 0 Å². The predicted octanol–water partition coefficient (Wildman–Crippen LogP) is 2.52. The number of methoxy groups -OCH3 is 1. The largest absolute Gasteiger partial charge is 0.495 e. The van der Waals surface area contributed by atoms with E-state index < -0.39 is 0 Å². The molecule has 3 nitrogen and oxygen atoms in total. The first-order valence-electron chi connectivity index (χ1n) is 4.64. The molecule has 0 saturated heterocycles. The van der Waals surface area contributed by atoms with Gasteiger partial charge in [-0.25, -0.2) is 4.98 Å². The maximum atomic E-state index is 5.50. The first-order valence-corrected chi connectivity index (χ1v) is 4.64. The predicted molar refractivity (Wildman–Crippen MR) is 55.7 cm³/mol. The second kappa shape index (κ2) is 4.31. The molecule has 0 N–H and O–H groups in total. The number of hydrogen-bond acceptors (Lipinski definition) is 3. The van der Waals surface area contributed by atoms with Crippen molar-refractivity contribution in [3.8, 4) is 11.6 Å². The molecule has 1 rings (SSSR count). The molecule has 0 saturated carbocycles. The van der Waals surface area contributed by atoms with Gasteiger partial charge in [-0.05, 0) is 11.5 Å². The van der Waals surface area contributed by atoms with Crippen LogP contribution < -0.4 is 9.47 Å². The molecule has 0 aliphatic heterocycles. The molecule has 0 radical (unpaired) electrons. The molecular formula is C11H17NO2. The van der Waals surface area contributed by atoms with Gasteiger partial charge >= 0.3 is 0 Å². The third-order valence-corrected chi connectivity index (χ3v) is 1.60. The molecule has 0 amide bonds. The highest BCUT2D eigenvalue weighted by Crippen LogP contribution is 2.17. The summed E-state index contributed by atoms with van der Waals surface area (Å²) in [5.74, 6) is 1.38. The van der Waals surface area contributed by atoms with E-state index in [0.29, 0.717) is 12.5 Å². The van der Waals surface area contributed by atoms with Crippen LogP contribution in [0.1, 0.15) is 20.8 Å². The number of nitrogens with zero attached hydrogens (tertiary/aromatic N) is 1. The average molecular weight is 195 g/mol. The van der Waals surface area contributed by atoms with Gasteiger partial charge in [0.1, 0.15) is 5.75 Å². The van der Waals surface area contributed by atoms with Gasteiger partial charge in [0.2, 0.25) is 5.88 Å². The molecule has 1 aromatic heterocycles. The Hall–Kier alpha value is -1.25. The third-order valence-electron chi connectivity index (χ3n) is 1.60. The summed E-state index contributed by atoms with van der Waals surface area (Å²) in [6.07, 6.45) is 1.65. The summed E-state index contributed by atoms with van der Waals surface area (Å²) < 4.78 is 10.5. The highest BCUT2D eigenvalue weighted by Gasteiger charge is 2.11. The van der Waals surface area contributed by atoms with Crippen LogP contribution in [0, 0.1) is 5.41 Å². The lowest BCUT2D eigenvalue weighted by Crippen LogP contribution is -2.17. The summed E-state index contributed by atoms with van der Waals surface area (Å²) in [4.78, 5) is 4.11. The monoisotopic (exact) mass is 195 g/mol. The van der Waals surface area contributed by atoms with E-state index in [1.165, 1.54) is 0 Å². The molecule has 78 valence electrons. The van der Waals surface area contributed by atoms with Crippen molar-refractivity contribution in [1.82, 2.24) is 4.98 Å². The topological polar surface area (TPSA) is 31.4 Å². The zero-order chi connectivity index (χ0) is 10.6. The first-order chi connectivity index (χ1) is 6.51. The van der Waals surface area contributed by atoms with Crippen LogP contribution in [0.15, 0.2) is 18.3 Å². The van der Waals surface area contributed by atoms with E-state index in [2.05, 4.69) is 25.8 Å². The fourth-order valence-electron chi connectivity index (χ4n) is 0.863. The van der Waals surface area contributed by atoms with Crippen LogP contribution in [0.25, 0.3) is 0 Å². The average Bonchev–Trinajstić information content (AvgIpc) is 2.14. The number of rotatable bonds is 3. The lowest BCUT2D eigenvalue weighted by atomic mass is 9.99. The number of pyridine rings is 1. The van der Waals surface area contributed by atoms with Crippen LogP contribution in [0.4, 0.5) is 0 Å². The van der Waals surface area contributed by atoms with Crippen LogP contribution >= 0.6 is 0 Å². The minimum Gasteiger partial charge on any atom is -0.495 e. The third kappa shape index (κ3) is 3.64. The molecular weight excluding hydrogens is 178 g/mol. The van der Waals surface area contributed by atoms with Crippen molar-refractivity contribution in [3.63, 3.8) is 0 Å². The summed E-state index contributed by atoms with van der Waals surface area (Å²) in [5, 5.41) is 0. The molecule has 0 aromatic carbocycles. The summed E-state index contributed by atoms with van der Waals surface area (Å²) >= 11 is 0. The van der Waals surface area contributed by atoms with E-state index in [0.717, 1.165) is 5.75 Å². The van der Waals surface area contributed by atoms with Crippen molar-refractivity contribution in [1.29, 1.82) is 0 Å². The lowest BCUT2D eigenvalue weighted by Gasteiger charge is -2.18. The van der Waals surface area contributed by atoms with Gasteiger partial charge in [0, 0.05) is 6.07 Å². The molecule has 0 unspecified atom stereocenters. The minimum atomic E-state index is 0.154. The van der Waals surface area contributed by atoms with Crippen molar-refractivity contribution in [2.24, 2.45) is 5.41 Å². The second-order valence-corrected chi connectivity index (χ2v) is 4.39. The molecule has 1 heterocycles. The van der Waals surface area contributed by atoms with Gasteiger partial charge < -0.3 is 9.47 Å². The quantitative estimate of drug-likeness (QED) is 0.742. The van der Waals surface area contributed by atoms with Gasteiger partial charge in [-0.3, -0.25) is 0 Å². The molecule has 3 heteroatoms. The van der Waals surface area contributed by atoms with Gasteiger partial charge in [-0.1, -0.05) is 20.8 Å². The van der Waals surface area contributed by atoms with Crippen LogP contribution in [-0.4, -0.2) is 18.7 Å².